The van der Waals surface area contributed by atoms with Crippen LogP contribution in [0.3, 0.4) is 0 Å². The average molecular weight is 426 g/mol. The van der Waals surface area contributed by atoms with Crippen LogP contribution in [0.15, 0.2) is 47.4 Å². The number of aromatic amines is 1. The number of H-pyrrole nitrogens is 1. The number of carbonyl (C=O) groups is 1. The lowest BCUT2D eigenvalue weighted by Gasteiger charge is -2.35. The molecule has 1 amide bonds. The monoisotopic (exact) mass is 426 g/mol. The lowest BCUT2D eigenvalue weighted by molar-refractivity contribution is 0.0162. The minimum atomic E-state index is -0.318. The predicted molar refractivity (Wildman–Crippen MR) is 111 cm³/mol. The van der Waals surface area contributed by atoms with E-state index >= 15 is 0 Å². The number of benzene rings is 1. The SMILES string of the molecule is Cc1c(C(=O)NC[C@H](c2ccc(F)cc2)N2CCOCC2)cnn1-c1ccc(=O)[nH]n1. The van der Waals surface area contributed by atoms with E-state index in [9.17, 15) is 14.0 Å². The molecular formula is C21H23FN6O3. The van der Waals surface area contributed by atoms with Crippen LogP contribution in [0.1, 0.15) is 27.7 Å². The summed E-state index contributed by atoms with van der Waals surface area (Å²) in [5.74, 6) is -0.158. The summed E-state index contributed by atoms with van der Waals surface area (Å²) in [5.41, 5.74) is 1.62. The average Bonchev–Trinajstić information content (AvgIpc) is 3.17. The molecule has 1 fully saturated rings. The molecule has 1 saturated heterocycles. The Kier molecular flexibility index (Phi) is 6.19. The molecular weight excluding hydrogens is 403 g/mol. The minimum absolute atomic E-state index is 0.107. The number of carbonyl (C=O) groups excluding carboxylic acids is 1. The molecule has 31 heavy (non-hydrogen) atoms. The van der Waals surface area contributed by atoms with Gasteiger partial charge in [0.15, 0.2) is 5.82 Å². The Balaban J connectivity index is 1.50. The number of hydrogen-bond donors (Lipinski definition) is 2. The summed E-state index contributed by atoms with van der Waals surface area (Å²) in [5, 5.41) is 13.5. The quantitative estimate of drug-likeness (QED) is 0.614. The third-order valence-electron chi connectivity index (χ3n) is 5.33. The van der Waals surface area contributed by atoms with Gasteiger partial charge >= 0.3 is 0 Å². The molecule has 2 N–H and O–H groups in total. The van der Waals surface area contributed by atoms with Crippen molar-refractivity contribution < 1.29 is 13.9 Å². The van der Waals surface area contributed by atoms with Gasteiger partial charge in [-0.3, -0.25) is 14.5 Å². The molecule has 0 spiro atoms. The number of nitrogens with zero attached hydrogens (tertiary/aromatic N) is 4. The lowest BCUT2D eigenvalue weighted by atomic mass is 10.0. The first kappa shape index (κ1) is 20.9. The highest BCUT2D eigenvalue weighted by Gasteiger charge is 2.24. The number of morpholine rings is 1. The van der Waals surface area contributed by atoms with Gasteiger partial charge in [0.1, 0.15) is 5.82 Å². The summed E-state index contributed by atoms with van der Waals surface area (Å²) < 4.78 is 20.3. The van der Waals surface area contributed by atoms with Crippen molar-refractivity contribution >= 4 is 5.91 Å². The van der Waals surface area contributed by atoms with Crippen molar-refractivity contribution in [2.24, 2.45) is 0 Å². The summed E-state index contributed by atoms with van der Waals surface area (Å²) in [6, 6.07) is 9.11. The van der Waals surface area contributed by atoms with E-state index in [-0.39, 0.29) is 23.3 Å². The van der Waals surface area contributed by atoms with E-state index in [1.54, 1.807) is 19.1 Å². The van der Waals surface area contributed by atoms with Gasteiger partial charge in [0.2, 0.25) is 0 Å². The summed E-state index contributed by atoms with van der Waals surface area (Å²) >= 11 is 0. The van der Waals surface area contributed by atoms with Crippen LogP contribution in [0.5, 0.6) is 0 Å². The Morgan fingerprint density at radius 3 is 2.65 bits per heavy atom. The molecule has 0 unspecified atom stereocenters. The van der Waals surface area contributed by atoms with Gasteiger partial charge in [0, 0.05) is 25.7 Å². The molecule has 162 valence electrons. The first-order valence-corrected chi connectivity index (χ1v) is 9.99. The van der Waals surface area contributed by atoms with Gasteiger partial charge in [0.05, 0.1) is 36.7 Å². The molecule has 0 radical (unpaired) electrons. The van der Waals surface area contributed by atoms with Crippen LogP contribution in [-0.2, 0) is 4.74 Å². The van der Waals surface area contributed by atoms with E-state index in [1.807, 2.05) is 0 Å². The van der Waals surface area contributed by atoms with Crippen LogP contribution in [0.2, 0.25) is 0 Å². The van der Waals surface area contributed by atoms with Crippen LogP contribution < -0.4 is 10.9 Å². The Labute approximate surface area is 177 Å². The van der Waals surface area contributed by atoms with Crippen molar-refractivity contribution in [1.82, 2.24) is 30.2 Å². The topological polar surface area (TPSA) is 105 Å². The van der Waals surface area contributed by atoms with E-state index in [0.29, 0.717) is 36.8 Å². The molecule has 2 aromatic heterocycles. The first-order valence-electron chi connectivity index (χ1n) is 9.99. The van der Waals surface area contributed by atoms with Gasteiger partial charge in [-0.25, -0.2) is 14.2 Å². The molecule has 0 bridgehead atoms. The van der Waals surface area contributed by atoms with Crippen molar-refractivity contribution in [2.75, 3.05) is 32.8 Å². The Morgan fingerprint density at radius 2 is 1.97 bits per heavy atom. The molecule has 1 atom stereocenters. The molecule has 4 rings (SSSR count). The van der Waals surface area contributed by atoms with Crippen LogP contribution >= 0.6 is 0 Å². The maximum atomic E-state index is 13.4. The van der Waals surface area contributed by atoms with Crippen LogP contribution in [0, 0.1) is 12.7 Å². The lowest BCUT2D eigenvalue weighted by Crippen LogP contribution is -2.43. The van der Waals surface area contributed by atoms with Crippen molar-refractivity contribution in [1.29, 1.82) is 0 Å². The van der Waals surface area contributed by atoms with E-state index in [0.717, 1.165) is 18.7 Å². The second-order valence-corrected chi connectivity index (χ2v) is 7.26. The zero-order chi connectivity index (χ0) is 21.8. The molecule has 3 heterocycles. The second-order valence-electron chi connectivity index (χ2n) is 7.26. The summed E-state index contributed by atoms with van der Waals surface area (Å²) in [6.45, 7) is 4.80. The summed E-state index contributed by atoms with van der Waals surface area (Å²) in [4.78, 5) is 26.3. The molecule has 1 aliphatic rings. The van der Waals surface area contributed by atoms with E-state index < -0.39 is 0 Å². The van der Waals surface area contributed by atoms with Crippen molar-refractivity contribution in [2.45, 2.75) is 13.0 Å². The van der Waals surface area contributed by atoms with Gasteiger partial charge in [-0.1, -0.05) is 12.1 Å². The zero-order valence-electron chi connectivity index (χ0n) is 17.0. The van der Waals surface area contributed by atoms with Crippen LogP contribution in [0.25, 0.3) is 5.82 Å². The number of aromatic nitrogens is 4. The van der Waals surface area contributed by atoms with Crippen molar-refractivity contribution in [3.63, 3.8) is 0 Å². The Hall–Kier alpha value is -3.37. The normalized spacial score (nSPS) is 15.5. The van der Waals surface area contributed by atoms with Gasteiger partial charge in [-0.15, -0.1) is 0 Å². The van der Waals surface area contributed by atoms with Gasteiger partial charge < -0.3 is 10.1 Å². The zero-order valence-corrected chi connectivity index (χ0v) is 17.0. The maximum absolute atomic E-state index is 13.4. The highest BCUT2D eigenvalue weighted by Crippen LogP contribution is 2.22. The standard InChI is InChI=1S/C21H23FN6O3/c1-14-17(12-24-28(14)19-6-7-20(29)26-25-19)21(30)23-13-18(27-8-10-31-11-9-27)15-2-4-16(22)5-3-15/h2-7,12,18H,8-11,13H2,1H3,(H,23,30)(H,26,29)/t18-/m1/s1. The molecule has 1 aromatic carbocycles. The van der Waals surface area contributed by atoms with Crippen molar-refractivity contribution in [3.8, 4) is 5.82 Å². The second kappa shape index (κ2) is 9.19. The van der Waals surface area contributed by atoms with Crippen molar-refractivity contribution in [3.05, 3.63) is 75.6 Å². The van der Waals surface area contributed by atoms with Crippen LogP contribution in [0.4, 0.5) is 4.39 Å². The molecule has 3 aromatic rings. The molecule has 0 aliphatic carbocycles. The molecule has 0 saturated carbocycles. The van der Waals surface area contributed by atoms with E-state index in [2.05, 4.69) is 25.5 Å². The van der Waals surface area contributed by atoms with Gasteiger partial charge in [-0.2, -0.15) is 10.2 Å². The number of amides is 1. The molecule has 1 aliphatic heterocycles. The largest absolute Gasteiger partial charge is 0.379 e. The fraction of sp³-hybridized carbons (Fsp3) is 0.333. The van der Waals surface area contributed by atoms with E-state index in [4.69, 9.17) is 4.74 Å². The number of hydrogen-bond acceptors (Lipinski definition) is 6. The van der Waals surface area contributed by atoms with Gasteiger partial charge in [0.25, 0.3) is 11.5 Å². The Bertz CT molecular complexity index is 1080. The highest BCUT2D eigenvalue weighted by molar-refractivity contribution is 5.95. The number of rotatable bonds is 6. The fourth-order valence-electron chi connectivity index (χ4n) is 3.64. The molecule has 9 nitrogen and oxygen atoms in total. The van der Waals surface area contributed by atoms with Crippen LogP contribution in [-0.4, -0.2) is 63.6 Å². The first-order chi connectivity index (χ1) is 15.0. The third-order valence-corrected chi connectivity index (χ3v) is 5.33. The predicted octanol–water partition coefficient (Wildman–Crippen LogP) is 1.21. The Morgan fingerprint density at radius 1 is 1.23 bits per heavy atom. The van der Waals surface area contributed by atoms with Gasteiger partial charge in [-0.05, 0) is 30.7 Å². The summed E-state index contributed by atoms with van der Waals surface area (Å²) in [7, 11) is 0. The number of ether oxygens (including phenoxy) is 1. The maximum Gasteiger partial charge on any atom is 0.264 e. The smallest absolute Gasteiger partial charge is 0.264 e. The van der Waals surface area contributed by atoms with E-state index in [1.165, 1.54) is 35.1 Å². The fourth-order valence-corrected chi connectivity index (χ4v) is 3.64. The minimum Gasteiger partial charge on any atom is -0.379 e. The molecule has 10 heteroatoms. The highest BCUT2D eigenvalue weighted by atomic mass is 19.1. The number of halogens is 1. The summed E-state index contributed by atoms with van der Waals surface area (Å²) in [6.07, 6.45) is 1.47. The number of nitrogens with one attached hydrogen (secondary N) is 2. The third kappa shape index (κ3) is 4.70.